The Morgan fingerprint density at radius 3 is 1.31 bits per heavy atom. The van der Waals surface area contributed by atoms with E-state index in [0.717, 1.165) is 12.8 Å². The van der Waals surface area contributed by atoms with E-state index in [1.807, 2.05) is 0 Å². The third-order valence-electron chi connectivity index (χ3n) is 4.29. The first-order valence-corrected chi connectivity index (χ1v) is 12.1. The summed E-state index contributed by atoms with van der Waals surface area (Å²) >= 11 is 0. The van der Waals surface area contributed by atoms with E-state index < -0.39 is 16.7 Å². The van der Waals surface area contributed by atoms with Crippen molar-refractivity contribution in [2.24, 2.45) is 0 Å². The van der Waals surface area contributed by atoms with Crippen molar-refractivity contribution >= 4 is 45.9 Å². The molecule has 0 heterocycles. The van der Waals surface area contributed by atoms with Gasteiger partial charge in [-0.15, -0.1) is 0 Å². The van der Waals surface area contributed by atoms with Crippen molar-refractivity contribution in [2.45, 2.75) is 123 Å². The van der Waals surface area contributed by atoms with Crippen LogP contribution < -0.4 is 0 Å². The molecule has 0 bridgehead atoms. The van der Waals surface area contributed by atoms with Crippen LogP contribution in [0.4, 0.5) is 0 Å². The second kappa shape index (κ2) is 24.6. The number of hydrogen-bond donors (Lipinski definition) is 3. The molecule has 3 N–H and O–H groups in total. The fourth-order valence-electron chi connectivity index (χ4n) is 2.89. The molecule has 7 nitrogen and oxygen atoms in total. The zero-order valence-corrected chi connectivity index (χ0v) is 18.6. The van der Waals surface area contributed by atoms with Gasteiger partial charge in [-0.1, -0.05) is 96.8 Å². The van der Waals surface area contributed by atoms with Gasteiger partial charge in [0.2, 0.25) is 0 Å². The molecule has 0 radical (unpaired) electrons. The summed E-state index contributed by atoms with van der Waals surface area (Å²) in [4.78, 5) is 11.2. The van der Waals surface area contributed by atoms with Crippen LogP contribution in [0.1, 0.15) is 117 Å². The van der Waals surface area contributed by atoms with Crippen molar-refractivity contribution in [3.8, 4) is 0 Å². The Labute approximate surface area is 200 Å². The molecule has 0 aromatic rings. The summed E-state index contributed by atoms with van der Waals surface area (Å²) in [6.45, 7) is 3.73. The van der Waals surface area contributed by atoms with Gasteiger partial charge in [0.15, 0.2) is 6.29 Å². The number of rotatable bonds is 17. The summed E-state index contributed by atoms with van der Waals surface area (Å²) in [6.07, 6.45) is 19.3. The van der Waals surface area contributed by atoms with Crippen molar-refractivity contribution < 1.29 is 32.2 Å². The van der Waals surface area contributed by atoms with Gasteiger partial charge in [0.05, 0.1) is 0 Å². The van der Waals surface area contributed by atoms with Gasteiger partial charge < -0.3 is 9.84 Å². The predicted molar refractivity (Wildman–Crippen MR) is 119 cm³/mol. The zero-order valence-electron chi connectivity index (χ0n) is 17.8. The van der Waals surface area contributed by atoms with Crippen molar-refractivity contribution in [3.05, 3.63) is 0 Å². The Morgan fingerprint density at radius 2 is 1.03 bits per heavy atom. The van der Waals surface area contributed by atoms with Crippen LogP contribution >= 0.6 is 0 Å². The summed E-state index contributed by atoms with van der Waals surface area (Å²) in [7, 11) is -4.67. The number of aliphatic hydroxyl groups excluding tert-OH is 1. The molecule has 0 aliphatic heterocycles. The van der Waals surface area contributed by atoms with Gasteiger partial charge in [-0.25, -0.2) is 0 Å². The van der Waals surface area contributed by atoms with E-state index in [-0.39, 0.29) is 35.5 Å². The number of esters is 1. The van der Waals surface area contributed by atoms with Crippen molar-refractivity contribution in [2.75, 3.05) is 0 Å². The van der Waals surface area contributed by atoms with Crippen LogP contribution in [0.15, 0.2) is 0 Å². The number of hydrogen-bond acceptors (Lipinski definition) is 5. The van der Waals surface area contributed by atoms with E-state index in [1.54, 1.807) is 0 Å². The molecule has 0 spiro atoms. The molecule has 0 amide bonds. The van der Waals surface area contributed by atoms with Gasteiger partial charge >= 0.3 is 45.9 Å². The molecule has 1 atom stereocenters. The topological polar surface area (TPSA) is 121 Å². The molecule has 29 heavy (non-hydrogen) atoms. The van der Waals surface area contributed by atoms with Crippen LogP contribution in [0.3, 0.4) is 0 Å². The van der Waals surface area contributed by atoms with E-state index in [0.29, 0.717) is 6.42 Å². The standard InChI is InChI=1S/C20H40O3.Na.H2O4S.H/c1-3-4-5-6-7-8-9-10-11-12-13-14-15-16-17-18-20(22)23-19(2)21;;1-5(2,3)4;/h19,21H,3-18H2,1-2H3;;(H2,1,2,3,4);. The molecule has 0 saturated heterocycles. The van der Waals surface area contributed by atoms with Crippen LogP contribution in [0.2, 0.25) is 0 Å². The van der Waals surface area contributed by atoms with Gasteiger partial charge in [-0.05, 0) is 13.3 Å². The Morgan fingerprint density at radius 1 is 0.759 bits per heavy atom. The first-order chi connectivity index (χ1) is 13.2. The summed E-state index contributed by atoms with van der Waals surface area (Å²) in [6, 6.07) is 0. The van der Waals surface area contributed by atoms with Gasteiger partial charge in [0.1, 0.15) is 0 Å². The van der Waals surface area contributed by atoms with Gasteiger partial charge in [0, 0.05) is 6.42 Å². The maximum absolute atomic E-state index is 11.2. The number of carbonyl (C=O) groups excluding carboxylic acids is 1. The molecule has 0 aromatic heterocycles. The monoisotopic (exact) mass is 450 g/mol. The zero-order chi connectivity index (χ0) is 21.7. The molecule has 9 heteroatoms. The molecule has 172 valence electrons. The SMILES string of the molecule is CCCCCCCCCCCCCCCCCC(=O)OC(C)O.O=S(=O)(O)O.[NaH]. The van der Waals surface area contributed by atoms with Gasteiger partial charge in [-0.2, -0.15) is 8.42 Å². The average molecular weight is 451 g/mol. The third kappa shape index (κ3) is 43.1. The average Bonchev–Trinajstić information content (AvgIpc) is 2.56. The molecular weight excluding hydrogens is 407 g/mol. The van der Waals surface area contributed by atoms with E-state index in [4.69, 9.17) is 22.6 Å². The number of unbranched alkanes of at least 4 members (excludes halogenated alkanes) is 14. The van der Waals surface area contributed by atoms with Crippen LogP contribution in [0.5, 0.6) is 0 Å². The fourth-order valence-corrected chi connectivity index (χ4v) is 2.89. The number of ether oxygens (including phenoxy) is 1. The van der Waals surface area contributed by atoms with Crippen LogP contribution in [0, 0.1) is 0 Å². The van der Waals surface area contributed by atoms with Crippen molar-refractivity contribution in [1.82, 2.24) is 0 Å². The molecular formula is C20H43NaO7S. The van der Waals surface area contributed by atoms with Crippen LogP contribution in [0.25, 0.3) is 0 Å². The Hall–Kier alpha value is 0.300. The predicted octanol–water partition coefficient (Wildman–Crippen LogP) is 4.83. The van der Waals surface area contributed by atoms with Crippen LogP contribution in [-0.2, 0) is 19.9 Å². The van der Waals surface area contributed by atoms with E-state index in [9.17, 15) is 4.79 Å². The van der Waals surface area contributed by atoms with Gasteiger partial charge in [0.25, 0.3) is 0 Å². The molecule has 1 unspecified atom stereocenters. The number of carbonyl (C=O) groups is 1. The second-order valence-electron chi connectivity index (χ2n) is 7.24. The molecule has 0 aromatic carbocycles. The second-order valence-corrected chi connectivity index (χ2v) is 8.13. The molecule has 0 aliphatic rings. The maximum atomic E-state index is 11.2. The van der Waals surface area contributed by atoms with E-state index >= 15 is 0 Å². The molecule has 0 fully saturated rings. The Bertz CT molecular complexity index is 434. The summed E-state index contributed by atoms with van der Waals surface area (Å²) in [5.74, 6) is -0.283. The summed E-state index contributed by atoms with van der Waals surface area (Å²) in [5, 5.41) is 8.91. The Kier molecular flexibility index (Phi) is 28.7. The molecule has 0 saturated carbocycles. The first-order valence-electron chi connectivity index (χ1n) is 10.7. The minimum atomic E-state index is -4.67. The third-order valence-corrected chi connectivity index (χ3v) is 4.29. The Balaban J connectivity index is -0.000000997. The molecule has 0 aliphatic carbocycles. The minimum absolute atomic E-state index is 0. The van der Waals surface area contributed by atoms with Crippen molar-refractivity contribution in [1.29, 1.82) is 0 Å². The first kappa shape index (κ1) is 33.9. The van der Waals surface area contributed by atoms with E-state index in [1.165, 1.54) is 90.4 Å². The summed E-state index contributed by atoms with van der Waals surface area (Å²) < 4.78 is 36.3. The van der Waals surface area contributed by atoms with Gasteiger partial charge in [-0.3, -0.25) is 13.9 Å². The van der Waals surface area contributed by atoms with Crippen LogP contribution in [-0.4, -0.2) is 64.4 Å². The molecule has 0 rings (SSSR count). The van der Waals surface area contributed by atoms with E-state index in [2.05, 4.69) is 11.7 Å². The summed E-state index contributed by atoms with van der Waals surface area (Å²) in [5.41, 5.74) is 0. The normalized spacial score (nSPS) is 11.8. The number of aliphatic hydroxyl groups is 1. The van der Waals surface area contributed by atoms with Crippen molar-refractivity contribution in [3.63, 3.8) is 0 Å². The quantitative estimate of drug-likeness (QED) is 0.0954. The fraction of sp³-hybridized carbons (Fsp3) is 0.950.